The second kappa shape index (κ2) is 5.19. The molecule has 0 aliphatic carbocycles. The first kappa shape index (κ1) is 13.5. The standard InChI is InChI=1S/C9H9N3O6/c1-5(10)9(13)18-8-3-2-6(11(14)15)4-7(8)12(16)17/h2-5H,10H2,1H3. The van der Waals surface area contributed by atoms with Crippen LogP contribution in [-0.2, 0) is 4.79 Å². The first-order chi connectivity index (χ1) is 8.32. The minimum absolute atomic E-state index is 0.382. The molecule has 1 rings (SSSR count). The van der Waals surface area contributed by atoms with Crippen LogP contribution in [0.4, 0.5) is 11.4 Å². The topological polar surface area (TPSA) is 139 Å². The van der Waals surface area contributed by atoms with Crippen molar-refractivity contribution in [2.45, 2.75) is 13.0 Å². The molecule has 0 heterocycles. The number of carbonyl (C=O) groups excluding carboxylic acids is 1. The lowest BCUT2D eigenvalue weighted by Gasteiger charge is -2.06. The first-order valence-electron chi connectivity index (χ1n) is 4.73. The number of non-ortho nitro benzene ring substituents is 1. The van der Waals surface area contributed by atoms with Crippen molar-refractivity contribution in [2.24, 2.45) is 5.73 Å². The van der Waals surface area contributed by atoms with E-state index >= 15 is 0 Å². The molecule has 1 aromatic rings. The van der Waals surface area contributed by atoms with Gasteiger partial charge in [0.25, 0.3) is 5.69 Å². The van der Waals surface area contributed by atoms with E-state index in [-0.39, 0.29) is 5.75 Å². The number of nitro groups is 2. The zero-order valence-electron chi connectivity index (χ0n) is 9.23. The molecule has 0 aliphatic heterocycles. The number of benzene rings is 1. The lowest BCUT2D eigenvalue weighted by Crippen LogP contribution is -2.31. The quantitative estimate of drug-likeness (QED) is 0.362. The average molecular weight is 255 g/mol. The van der Waals surface area contributed by atoms with E-state index in [1.807, 2.05) is 0 Å². The third-order valence-corrected chi connectivity index (χ3v) is 1.93. The normalized spacial score (nSPS) is 11.7. The maximum atomic E-state index is 11.2. The molecule has 2 N–H and O–H groups in total. The van der Waals surface area contributed by atoms with Crippen LogP contribution in [0.2, 0.25) is 0 Å². The number of esters is 1. The van der Waals surface area contributed by atoms with Crippen LogP contribution in [0, 0.1) is 20.2 Å². The first-order valence-corrected chi connectivity index (χ1v) is 4.73. The Labute approximate surface area is 100 Å². The SMILES string of the molecule is CC(N)C(=O)Oc1ccc([N+](=O)[O-])cc1[N+](=O)[O-]. The maximum Gasteiger partial charge on any atom is 0.328 e. The fourth-order valence-electron chi connectivity index (χ4n) is 1.05. The second-order valence-corrected chi connectivity index (χ2v) is 3.38. The molecule has 0 spiro atoms. The summed E-state index contributed by atoms with van der Waals surface area (Å²) in [6, 6.07) is 1.73. The van der Waals surface area contributed by atoms with Crippen molar-refractivity contribution in [3.8, 4) is 5.75 Å². The zero-order valence-corrected chi connectivity index (χ0v) is 9.23. The van der Waals surface area contributed by atoms with Crippen molar-refractivity contribution in [3.05, 3.63) is 38.4 Å². The summed E-state index contributed by atoms with van der Waals surface area (Å²) < 4.78 is 4.67. The molecule has 9 heteroatoms. The summed E-state index contributed by atoms with van der Waals surface area (Å²) in [4.78, 5) is 30.7. The van der Waals surface area contributed by atoms with E-state index in [4.69, 9.17) is 5.73 Å². The number of nitrogens with zero attached hydrogens (tertiary/aromatic N) is 2. The highest BCUT2D eigenvalue weighted by Gasteiger charge is 2.23. The smallest absolute Gasteiger partial charge is 0.328 e. The molecule has 96 valence electrons. The Kier molecular flexibility index (Phi) is 3.89. The zero-order chi connectivity index (χ0) is 13.9. The van der Waals surface area contributed by atoms with Crippen LogP contribution in [0.1, 0.15) is 6.92 Å². The van der Waals surface area contributed by atoms with Gasteiger partial charge in [0.15, 0.2) is 0 Å². The van der Waals surface area contributed by atoms with Crippen LogP contribution in [0.25, 0.3) is 0 Å². The maximum absolute atomic E-state index is 11.2. The van der Waals surface area contributed by atoms with Crippen LogP contribution < -0.4 is 10.5 Å². The van der Waals surface area contributed by atoms with Gasteiger partial charge in [0.1, 0.15) is 6.04 Å². The van der Waals surface area contributed by atoms with Crippen molar-refractivity contribution in [3.63, 3.8) is 0 Å². The Morgan fingerprint density at radius 2 is 1.94 bits per heavy atom. The molecule has 1 unspecified atom stereocenters. The van der Waals surface area contributed by atoms with Gasteiger partial charge in [-0.15, -0.1) is 0 Å². The van der Waals surface area contributed by atoms with E-state index in [0.29, 0.717) is 6.07 Å². The number of nitrogens with two attached hydrogens (primary N) is 1. The lowest BCUT2D eigenvalue weighted by molar-refractivity contribution is -0.394. The molecule has 9 nitrogen and oxygen atoms in total. The fourth-order valence-corrected chi connectivity index (χ4v) is 1.05. The van der Waals surface area contributed by atoms with Crippen molar-refractivity contribution < 1.29 is 19.4 Å². The predicted octanol–water partition coefficient (Wildman–Crippen LogP) is 0.756. The van der Waals surface area contributed by atoms with Gasteiger partial charge in [0.05, 0.1) is 15.9 Å². The van der Waals surface area contributed by atoms with E-state index in [1.54, 1.807) is 0 Å². The van der Waals surface area contributed by atoms with E-state index in [9.17, 15) is 25.0 Å². The Bertz CT molecular complexity index is 513. The van der Waals surface area contributed by atoms with Crippen LogP contribution in [0.3, 0.4) is 0 Å². The van der Waals surface area contributed by atoms with Gasteiger partial charge in [-0.05, 0) is 13.0 Å². The van der Waals surface area contributed by atoms with Gasteiger partial charge in [-0.1, -0.05) is 0 Å². The van der Waals surface area contributed by atoms with Gasteiger partial charge in [-0.2, -0.15) is 0 Å². The molecular formula is C9H9N3O6. The van der Waals surface area contributed by atoms with Gasteiger partial charge >= 0.3 is 11.7 Å². The van der Waals surface area contributed by atoms with Gasteiger partial charge in [0, 0.05) is 6.07 Å². The highest BCUT2D eigenvalue weighted by Crippen LogP contribution is 2.31. The predicted molar refractivity (Wildman–Crippen MR) is 59.0 cm³/mol. The Hall–Kier alpha value is -2.55. The molecule has 0 saturated heterocycles. The summed E-state index contributed by atoms with van der Waals surface area (Å²) in [6.45, 7) is 1.35. The number of hydrogen-bond donors (Lipinski definition) is 1. The third kappa shape index (κ3) is 2.98. The molecule has 18 heavy (non-hydrogen) atoms. The van der Waals surface area contributed by atoms with Crippen molar-refractivity contribution in [1.82, 2.24) is 0 Å². The van der Waals surface area contributed by atoms with E-state index in [1.165, 1.54) is 6.92 Å². The number of hydrogen-bond acceptors (Lipinski definition) is 7. The number of nitro benzene ring substituents is 2. The van der Waals surface area contributed by atoms with Gasteiger partial charge < -0.3 is 10.5 Å². The van der Waals surface area contributed by atoms with Gasteiger partial charge in [-0.3, -0.25) is 20.2 Å². The van der Waals surface area contributed by atoms with Gasteiger partial charge in [0.2, 0.25) is 5.75 Å². The van der Waals surface area contributed by atoms with Crippen LogP contribution in [0.15, 0.2) is 18.2 Å². The Balaban J connectivity index is 3.16. The summed E-state index contributed by atoms with van der Waals surface area (Å²) in [6.07, 6.45) is 0. The minimum atomic E-state index is -0.959. The molecular weight excluding hydrogens is 246 g/mol. The fraction of sp³-hybridized carbons (Fsp3) is 0.222. The van der Waals surface area contributed by atoms with Crippen molar-refractivity contribution in [1.29, 1.82) is 0 Å². The van der Waals surface area contributed by atoms with Crippen LogP contribution in [0.5, 0.6) is 5.75 Å². The largest absolute Gasteiger partial charge is 0.418 e. The molecule has 0 aromatic heterocycles. The molecule has 0 radical (unpaired) electrons. The van der Waals surface area contributed by atoms with E-state index in [2.05, 4.69) is 4.74 Å². The summed E-state index contributed by atoms with van der Waals surface area (Å²) >= 11 is 0. The Morgan fingerprint density at radius 1 is 1.33 bits per heavy atom. The summed E-state index contributed by atoms with van der Waals surface area (Å²) in [5.41, 5.74) is 4.10. The number of rotatable bonds is 4. The molecule has 0 saturated carbocycles. The van der Waals surface area contributed by atoms with E-state index < -0.39 is 33.2 Å². The lowest BCUT2D eigenvalue weighted by atomic mass is 10.2. The minimum Gasteiger partial charge on any atom is -0.418 e. The number of carbonyl (C=O) groups is 1. The van der Waals surface area contributed by atoms with Crippen molar-refractivity contribution in [2.75, 3.05) is 0 Å². The second-order valence-electron chi connectivity index (χ2n) is 3.38. The molecule has 0 bridgehead atoms. The molecule has 1 aromatic carbocycles. The monoisotopic (exact) mass is 255 g/mol. The summed E-state index contributed by atoms with van der Waals surface area (Å²) in [5, 5.41) is 21.2. The van der Waals surface area contributed by atoms with Crippen LogP contribution >= 0.6 is 0 Å². The number of ether oxygens (including phenoxy) is 1. The molecule has 0 amide bonds. The summed E-state index contributed by atoms with van der Waals surface area (Å²) in [5.74, 6) is -1.25. The van der Waals surface area contributed by atoms with E-state index in [0.717, 1.165) is 12.1 Å². The highest BCUT2D eigenvalue weighted by molar-refractivity contribution is 5.78. The van der Waals surface area contributed by atoms with Gasteiger partial charge in [-0.25, -0.2) is 4.79 Å². The molecule has 1 atom stereocenters. The van der Waals surface area contributed by atoms with Crippen LogP contribution in [-0.4, -0.2) is 21.9 Å². The highest BCUT2D eigenvalue weighted by atomic mass is 16.6. The third-order valence-electron chi connectivity index (χ3n) is 1.93. The Morgan fingerprint density at radius 3 is 2.39 bits per heavy atom. The van der Waals surface area contributed by atoms with Crippen molar-refractivity contribution >= 4 is 17.3 Å². The average Bonchev–Trinajstić information content (AvgIpc) is 2.28. The summed E-state index contributed by atoms with van der Waals surface area (Å²) in [7, 11) is 0. The molecule has 0 aliphatic rings. The molecule has 0 fully saturated rings.